The van der Waals surface area contributed by atoms with Crippen molar-refractivity contribution in [2.24, 2.45) is 16.5 Å². The van der Waals surface area contributed by atoms with E-state index in [9.17, 15) is 9.59 Å². The van der Waals surface area contributed by atoms with Crippen molar-refractivity contribution in [3.05, 3.63) is 34.9 Å². The Kier molecular flexibility index (Phi) is 4.12. The van der Waals surface area contributed by atoms with Gasteiger partial charge in [0.2, 0.25) is 17.6 Å². The molecule has 1 aliphatic heterocycles. The van der Waals surface area contributed by atoms with Crippen LogP contribution in [0.25, 0.3) is 0 Å². The number of carbonyl (C=O) groups is 2. The first-order chi connectivity index (χ1) is 10.9. The quantitative estimate of drug-likeness (QED) is 0.864. The van der Waals surface area contributed by atoms with Gasteiger partial charge in [0.15, 0.2) is 11.6 Å². The van der Waals surface area contributed by atoms with E-state index < -0.39 is 23.6 Å². The van der Waals surface area contributed by atoms with Crippen molar-refractivity contribution in [2.45, 2.75) is 43.4 Å². The molecule has 2 bridgehead atoms. The lowest BCUT2D eigenvalue weighted by Gasteiger charge is -2.42. The van der Waals surface area contributed by atoms with Crippen LogP contribution in [-0.4, -0.2) is 29.7 Å². The van der Waals surface area contributed by atoms with Crippen LogP contribution in [0.4, 0.5) is 0 Å². The molecule has 1 aromatic rings. The molecule has 1 amide bonds. The standard InChI is InChI=1S/C16H18ClN3O3/c17-10-5-2-1-4-9(10)16-7-3-6-12(14(16)22)23-15(20-16)11(18)8-13(19)21/h1-2,4-5,11-12H,3,6-8,18H2,(H2,19,21)/t11-,12?,16?/m0/s1. The monoisotopic (exact) mass is 335 g/mol. The lowest BCUT2D eigenvalue weighted by molar-refractivity contribution is -0.137. The number of hydrogen-bond acceptors (Lipinski definition) is 5. The molecule has 7 heteroatoms. The van der Waals surface area contributed by atoms with E-state index in [0.717, 1.165) is 6.42 Å². The number of hydrogen-bond donors (Lipinski definition) is 2. The topological polar surface area (TPSA) is 108 Å². The van der Waals surface area contributed by atoms with Gasteiger partial charge < -0.3 is 16.2 Å². The number of halogens is 1. The summed E-state index contributed by atoms with van der Waals surface area (Å²) < 4.78 is 5.64. The lowest BCUT2D eigenvalue weighted by Crippen LogP contribution is -2.54. The van der Waals surface area contributed by atoms with Gasteiger partial charge in [0.05, 0.1) is 12.5 Å². The summed E-state index contributed by atoms with van der Waals surface area (Å²) in [6.07, 6.45) is 1.25. The largest absolute Gasteiger partial charge is 0.468 e. The second-order valence-electron chi connectivity index (χ2n) is 5.93. The Morgan fingerprint density at radius 3 is 2.91 bits per heavy atom. The third-order valence-electron chi connectivity index (χ3n) is 4.33. The Balaban J connectivity index is 2.09. The number of ether oxygens (including phenoxy) is 1. The molecule has 1 saturated carbocycles. The molecule has 23 heavy (non-hydrogen) atoms. The average Bonchev–Trinajstić information content (AvgIpc) is 2.47. The molecule has 1 fully saturated rings. The van der Waals surface area contributed by atoms with E-state index in [2.05, 4.69) is 4.99 Å². The van der Waals surface area contributed by atoms with E-state index in [4.69, 9.17) is 27.8 Å². The van der Waals surface area contributed by atoms with Crippen molar-refractivity contribution < 1.29 is 14.3 Å². The minimum Gasteiger partial charge on any atom is -0.468 e. The van der Waals surface area contributed by atoms with Crippen LogP contribution < -0.4 is 11.5 Å². The Morgan fingerprint density at radius 1 is 1.48 bits per heavy atom. The fraction of sp³-hybridized carbons (Fsp3) is 0.438. The van der Waals surface area contributed by atoms with Crippen LogP contribution in [0.15, 0.2) is 29.3 Å². The zero-order valence-electron chi connectivity index (χ0n) is 12.5. The molecule has 2 unspecified atom stereocenters. The van der Waals surface area contributed by atoms with E-state index in [1.165, 1.54) is 0 Å². The summed E-state index contributed by atoms with van der Waals surface area (Å²) >= 11 is 6.31. The third-order valence-corrected chi connectivity index (χ3v) is 4.66. The number of benzene rings is 1. The number of nitrogens with two attached hydrogens (primary N) is 2. The van der Waals surface area contributed by atoms with Gasteiger partial charge in [-0.2, -0.15) is 0 Å². The number of primary amides is 1. The highest BCUT2D eigenvalue weighted by molar-refractivity contribution is 6.32. The Labute approximate surface area is 138 Å². The molecule has 3 rings (SSSR count). The van der Waals surface area contributed by atoms with Crippen molar-refractivity contribution >= 4 is 29.2 Å². The summed E-state index contributed by atoms with van der Waals surface area (Å²) in [4.78, 5) is 28.5. The van der Waals surface area contributed by atoms with Gasteiger partial charge in [0, 0.05) is 10.6 Å². The number of amides is 1. The lowest BCUT2D eigenvalue weighted by atomic mass is 9.73. The molecule has 6 nitrogen and oxygen atoms in total. The molecule has 0 spiro atoms. The second-order valence-corrected chi connectivity index (χ2v) is 6.34. The fourth-order valence-corrected chi connectivity index (χ4v) is 3.54. The van der Waals surface area contributed by atoms with Gasteiger partial charge in [-0.25, -0.2) is 4.99 Å². The number of nitrogens with zero attached hydrogens (tertiary/aromatic N) is 1. The average molecular weight is 336 g/mol. The van der Waals surface area contributed by atoms with Gasteiger partial charge in [-0.15, -0.1) is 0 Å². The van der Waals surface area contributed by atoms with Gasteiger partial charge in [0.1, 0.15) is 0 Å². The molecule has 2 aliphatic rings. The Morgan fingerprint density at radius 2 is 2.22 bits per heavy atom. The van der Waals surface area contributed by atoms with Gasteiger partial charge in [0.25, 0.3) is 0 Å². The van der Waals surface area contributed by atoms with E-state index in [-0.39, 0.29) is 18.1 Å². The molecule has 1 aromatic carbocycles. The van der Waals surface area contributed by atoms with Crippen molar-refractivity contribution in [3.63, 3.8) is 0 Å². The summed E-state index contributed by atoms with van der Waals surface area (Å²) in [6, 6.07) is 6.39. The molecule has 0 aromatic heterocycles. The molecular formula is C16H18ClN3O3. The highest BCUT2D eigenvalue weighted by atomic mass is 35.5. The number of Topliss-reactive ketones (excluding diaryl/α,β-unsaturated/α-hetero) is 1. The molecule has 0 saturated heterocycles. The minimum absolute atomic E-state index is 0.0850. The normalized spacial score (nSPS) is 27.8. The van der Waals surface area contributed by atoms with Crippen LogP contribution in [0.5, 0.6) is 0 Å². The molecule has 0 radical (unpaired) electrons. The molecule has 1 heterocycles. The van der Waals surface area contributed by atoms with Crippen LogP contribution >= 0.6 is 11.6 Å². The van der Waals surface area contributed by atoms with Gasteiger partial charge in [-0.05, 0) is 25.3 Å². The molecule has 122 valence electrons. The summed E-state index contributed by atoms with van der Waals surface area (Å²) in [5.74, 6) is -0.447. The fourth-order valence-electron chi connectivity index (χ4n) is 3.25. The van der Waals surface area contributed by atoms with Crippen molar-refractivity contribution in [1.29, 1.82) is 0 Å². The first-order valence-electron chi connectivity index (χ1n) is 7.53. The molecule has 3 atom stereocenters. The first kappa shape index (κ1) is 16.0. The maximum absolute atomic E-state index is 12.8. The van der Waals surface area contributed by atoms with Gasteiger partial charge in [-0.1, -0.05) is 29.8 Å². The second kappa shape index (κ2) is 5.94. The van der Waals surface area contributed by atoms with Crippen LogP contribution in [0, 0.1) is 0 Å². The van der Waals surface area contributed by atoms with E-state index >= 15 is 0 Å². The number of ketones is 1. The minimum atomic E-state index is -1.08. The van der Waals surface area contributed by atoms with Crippen molar-refractivity contribution in [3.8, 4) is 0 Å². The summed E-state index contributed by atoms with van der Waals surface area (Å²) in [5, 5.41) is 0.481. The molecular weight excluding hydrogens is 318 g/mol. The number of aliphatic imine (C=N–C) groups is 1. The Bertz CT molecular complexity index is 691. The van der Waals surface area contributed by atoms with Crippen LogP contribution in [0.2, 0.25) is 5.02 Å². The van der Waals surface area contributed by atoms with Crippen LogP contribution in [0.1, 0.15) is 31.2 Å². The predicted octanol–water partition coefficient (Wildman–Crippen LogP) is 1.29. The van der Waals surface area contributed by atoms with Crippen LogP contribution in [-0.2, 0) is 19.9 Å². The van der Waals surface area contributed by atoms with E-state index in [1.807, 2.05) is 6.07 Å². The smallest absolute Gasteiger partial charge is 0.219 e. The Hall–Kier alpha value is -1.92. The van der Waals surface area contributed by atoms with Gasteiger partial charge in [-0.3, -0.25) is 9.59 Å². The predicted molar refractivity (Wildman–Crippen MR) is 86.1 cm³/mol. The zero-order chi connectivity index (χ0) is 16.6. The maximum atomic E-state index is 12.8. The number of fused-ring (bicyclic) bond motifs is 2. The number of carbonyl (C=O) groups excluding carboxylic acids is 2. The zero-order valence-corrected chi connectivity index (χ0v) is 13.3. The first-order valence-corrected chi connectivity index (χ1v) is 7.91. The summed E-state index contributed by atoms with van der Waals surface area (Å²) in [5.41, 5.74) is 10.7. The highest BCUT2D eigenvalue weighted by Gasteiger charge is 2.52. The highest BCUT2D eigenvalue weighted by Crippen LogP contribution is 2.44. The molecule has 4 N–H and O–H groups in total. The van der Waals surface area contributed by atoms with E-state index in [1.54, 1.807) is 18.2 Å². The maximum Gasteiger partial charge on any atom is 0.219 e. The SMILES string of the molecule is NC(=O)C[C@H](N)C1=NC2(c3ccccc3Cl)CCCC(O1)C2=O. The third kappa shape index (κ3) is 2.72. The van der Waals surface area contributed by atoms with Crippen molar-refractivity contribution in [2.75, 3.05) is 0 Å². The van der Waals surface area contributed by atoms with Crippen molar-refractivity contribution in [1.82, 2.24) is 0 Å². The van der Waals surface area contributed by atoms with Gasteiger partial charge >= 0.3 is 0 Å². The number of rotatable bonds is 4. The van der Waals surface area contributed by atoms with Crippen LogP contribution in [0.3, 0.4) is 0 Å². The van der Waals surface area contributed by atoms with E-state index in [0.29, 0.717) is 23.4 Å². The summed E-state index contributed by atoms with van der Waals surface area (Å²) in [7, 11) is 0. The molecule has 1 aliphatic carbocycles. The summed E-state index contributed by atoms with van der Waals surface area (Å²) in [6.45, 7) is 0.